The van der Waals surface area contributed by atoms with Gasteiger partial charge in [-0.15, -0.1) is 0 Å². The molecule has 1 atom stereocenters. The van der Waals surface area contributed by atoms with Gasteiger partial charge < -0.3 is 15.0 Å². The van der Waals surface area contributed by atoms with Crippen molar-refractivity contribution in [1.82, 2.24) is 10.2 Å². The Bertz CT molecular complexity index is 1410. The summed E-state index contributed by atoms with van der Waals surface area (Å²) in [5.41, 5.74) is 2.37. The second-order valence-electron chi connectivity index (χ2n) is 11.0. The monoisotopic (exact) mass is 565 g/mol. The molecule has 0 saturated heterocycles. The third-order valence-electron chi connectivity index (χ3n) is 6.28. The summed E-state index contributed by atoms with van der Waals surface area (Å²) in [5, 5.41) is 2.93. The van der Waals surface area contributed by atoms with Crippen LogP contribution in [-0.2, 0) is 26.2 Å². The lowest BCUT2D eigenvalue weighted by atomic mass is 10.1. The summed E-state index contributed by atoms with van der Waals surface area (Å²) in [7, 11) is -2.54. The van der Waals surface area contributed by atoms with Crippen LogP contribution in [0, 0.1) is 13.8 Å². The Labute approximate surface area is 238 Å². The first kappa shape index (κ1) is 30.7. The van der Waals surface area contributed by atoms with Crippen molar-refractivity contribution in [2.24, 2.45) is 0 Å². The number of hydrogen-bond acceptors (Lipinski definition) is 5. The first-order chi connectivity index (χ1) is 18.7. The molecule has 0 spiro atoms. The molecule has 0 aliphatic heterocycles. The zero-order valence-electron chi connectivity index (χ0n) is 24.3. The van der Waals surface area contributed by atoms with Crippen LogP contribution in [0.2, 0.25) is 0 Å². The molecule has 0 aliphatic rings. The van der Waals surface area contributed by atoms with Crippen LogP contribution < -0.4 is 14.4 Å². The quantitative estimate of drug-likeness (QED) is 0.380. The van der Waals surface area contributed by atoms with Gasteiger partial charge in [0.2, 0.25) is 11.8 Å². The number of carbonyl (C=O) groups is 2. The number of methoxy groups -OCH3 is 1. The summed E-state index contributed by atoms with van der Waals surface area (Å²) in [5.74, 6) is -0.181. The van der Waals surface area contributed by atoms with Crippen LogP contribution in [0.4, 0.5) is 5.69 Å². The molecule has 1 N–H and O–H groups in total. The van der Waals surface area contributed by atoms with Crippen molar-refractivity contribution in [2.45, 2.75) is 64.6 Å². The smallest absolute Gasteiger partial charge is 0.264 e. The van der Waals surface area contributed by atoms with Crippen molar-refractivity contribution >= 4 is 27.5 Å². The van der Waals surface area contributed by atoms with Gasteiger partial charge in [-0.05, 0) is 94.6 Å². The number of nitrogens with zero attached hydrogens (tertiary/aromatic N) is 2. The molecule has 40 heavy (non-hydrogen) atoms. The molecule has 9 heteroatoms. The second-order valence-corrected chi connectivity index (χ2v) is 12.8. The molecule has 0 radical (unpaired) electrons. The number of aryl methyl sites for hydroxylation is 2. The maximum absolute atomic E-state index is 14.0. The average Bonchev–Trinajstić information content (AvgIpc) is 2.89. The molecule has 3 aromatic carbocycles. The lowest BCUT2D eigenvalue weighted by Gasteiger charge is -2.33. The normalized spacial score (nSPS) is 12.4. The number of ether oxygens (including phenoxy) is 1. The van der Waals surface area contributed by atoms with Crippen LogP contribution in [-0.4, -0.2) is 50.4 Å². The lowest BCUT2D eigenvalue weighted by Crippen LogP contribution is -2.54. The number of hydrogen-bond donors (Lipinski definition) is 1. The molecule has 0 aliphatic carbocycles. The Morgan fingerprint density at radius 3 is 2.02 bits per heavy atom. The largest absolute Gasteiger partial charge is 0.497 e. The molecule has 0 bridgehead atoms. The fraction of sp³-hybridized carbons (Fsp3) is 0.355. The van der Waals surface area contributed by atoms with E-state index in [1.807, 2.05) is 52.8 Å². The molecule has 3 aromatic rings. The minimum atomic E-state index is -4.10. The van der Waals surface area contributed by atoms with E-state index < -0.39 is 34.1 Å². The number of nitrogens with one attached hydrogen (secondary N) is 1. The van der Waals surface area contributed by atoms with Crippen LogP contribution in [0.15, 0.2) is 77.7 Å². The highest BCUT2D eigenvalue weighted by atomic mass is 32.2. The van der Waals surface area contributed by atoms with Gasteiger partial charge in [-0.2, -0.15) is 0 Å². The summed E-state index contributed by atoms with van der Waals surface area (Å²) >= 11 is 0. The first-order valence-electron chi connectivity index (χ1n) is 13.1. The van der Waals surface area contributed by atoms with E-state index in [2.05, 4.69) is 5.32 Å². The highest BCUT2D eigenvalue weighted by Gasteiger charge is 2.33. The molecule has 0 fully saturated rings. The minimum absolute atomic E-state index is 0.0715. The molecule has 3 rings (SSSR count). The highest BCUT2D eigenvalue weighted by molar-refractivity contribution is 7.92. The summed E-state index contributed by atoms with van der Waals surface area (Å²) in [6.45, 7) is 10.6. The summed E-state index contributed by atoms with van der Waals surface area (Å²) in [6, 6.07) is 19.8. The van der Waals surface area contributed by atoms with Crippen LogP contribution >= 0.6 is 0 Å². The standard InChI is InChI=1S/C31H39N3O5S/c1-22-17-23(2)19-26(18-22)34(40(37,38)28-11-9-8-10-12-28)21-29(35)33(24(3)30(36)32-31(4,5)6)20-25-13-15-27(39-7)16-14-25/h8-19,24H,20-21H2,1-7H3,(H,32,36). The van der Waals surface area contributed by atoms with Gasteiger partial charge in [-0.1, -0.05) is 36.4 Å². The van der Waals surface area contributed by atoms with Gasteiger partial charge in [0.25, 0.3) is 10.0 Å². The molecule has 2 amide bonds. The van der Waals surface area contributed by atoms with Gasteiger partial charge in [0.15, 0.2) is 0 Å². The number of amides is 2. The third kappa shape index (κ3) is 7.85. The summed E-state index contributed by atoms with van der Waals surface area (Å²) in [6.07, 6.45) is 0. The molecule has 0 saturated carbocycles. The molecule has 8 nitrogen and oxygen atoms in total. The van der Waals surface area contributed by atoms with Crippen molar-refractivity contribution in [3.63, 3.8) is 0 Å². The molecule has 0 heterocycles. The Hall–Kier alpha value is -3.85. The van der Waals surface area contributed by atoms with Crippen LogP contribution in [0.25, 0.3) is 0 Å². The van der Waals surface area contributed by atoms with E-state index in [9.17, 15) is 18.0 Å². The van der Waals surface area contributed by atoms with Crippen LogP contribution in [0.3, 0.4) is 0 Å². The second kappa shape index (κ2) is 12.6. The number of rotatable bonds is 10. The van der Waals surface area contributed by atoms with E-state index in [0.717, 1.165) is 21.0 Å². The minimum Gasteiger partial charge on any atom is -0.497 e. The van der Waals surface area contributed by atoms with E-state index in [0.29, 0.717) is 11.4 Å². The highest BCUT2D eigenvalue weighted by Crippen LogP contribution is 2.27. The van der Waals surface area contributed by atoms with Crippen molar-refractivity contribution in [1.29, 1.82) is 0 Å². The predicted octanol–water partition coefficient (Wildman–Crippen LogP) is 4.84. The number of sulfonamides is 1. The average molecular weight is 566 g/mol. The molecular formula is C31H39N3O5S. The summed E-state index contributed by atoms with van der Waals surface area (Å²) < 4.78 is 34.2. The van der Waals surface area contributed by atoms with Gasteiger partial charge in [-0.25, -0.2) is 8.42 Å². The topological polar surface area (TPSA) is 96.0 Å². The molecule has 214 valence electrons. The molecule has 0 aromatic heterocycles. The van der Waals surface area contributed by atoms with Crippen molar-refractivity contribution < 1.29 is 22.7 Å². The molecule has 1 unspecified atom stereocenters. The van der Waals surface area contributed by atoms with E-state index in [1.54, 1.807) is 56.5 Å². The maximum Gasteiger partial charge on any atom is 0.264 e. The van der Waals surface area contributed by atoms with Gasteiger partial charge in [0.1, 0.15) is 18.3 Å². The number of benzene rings is 3. The van der Waals surface area contributed by atoms with Crippen LogP contribution in [0.1, 0.15) is 44.4 Å². The van der Waals surface area contributed by atoms with E-state index in [1.165, 1.54) is 17.0 Å². The lowest BCUT2D eigenvalue weighted by molar-refractivity contribution is -0.140. The van der Waals surface area contributed by atoms with Gasteiger partial charge in [0.05, 0.1) is 17.7 Å². The number of carbonyl (C=O) groups excluding carboxylic acids is 2. The van der Waals surface area contributed by atoms with Crippen molar-refractivity contribution in [2.75, 3.05) is 18.0 Å². The Morgan fingerprint density at radius 1 is 0.925 bits per heavy atom. The van der Waals surface area contributed by atoms with Gasteiger partial charge in [-0.3, -0.25) is 13.9 Å². The van der Waals surface area contributed by atoms with E-state index in [4.69, 9.17) is 4.74 Å². The van der Waals surface area contributed by atoms with E-state index in [-0.39, 0.29) is 17.3 Å². The fourth-order valence-corrected chi connectivity index (χ4v) is 5.75. The van der Waals surface area contributed by atoms with E-state index >= 15 is 0 Å². The van der Waals surface area contributed by atoms with Crippen molar-refractivity contribution in [3.8, 4) is 5.75 Å². The van der Waals surface area contributed by atoms with Gasteiger partial charge >= 0.3 is 0 Å². The third-order valence-corrected chi connectivity index (χ3v) is 8.07. The SMILES string of the molecule is COc1ccc(CN(C(=O)CN(c2cc(C)cc(C)c2)S(=O)(=O)c2ccccc2)C(C)C(=O)NC(C)(C)C)cc1. The van der Waals surface area contributed by atoms with Crippen LogP contribution in [0.5, 0.6) is 5.75 Å². The summed E-state index contributed by atoms with van der Waals surface area (Å²) in [4.78, 5) is 28.7. The zero-order chi connectivity index (χ0) is 29.7. The first-order valence-corrected chi connectivity index (χ1v) is 14.6. The van der Waals surface area contributed by atoms with Gasteiger partial charge in [0, 0.05) is 12.1 Å². The Balaban J connectivity index is 2.05. The van der Waals surface area contributed by atoms with Crippen molar-refractivity contribution in [3.05, 3.63) is 89.5 Å². The maximum atomic E-state index is 14.0. The Morgan fingerprint density at radius 2 is 1.50 bits per heavy atom. The molecular weight excluding hydrogens is 526 g/mol. The number of anilines is 1. The zero-order valence-corrected chi connectivity index (χ0v) is 25.1. The fourth-order valence-electron chi connectivity index (χ4n) is 4.33. The predicted molar refractivity (Wildman–Crippen MR) is 158 cm³/mol. The Kier molecular flexibility index (Phi) is 9.63.